The van der Waals surface area contributed by atoms with Crippen molar-refractivity contribution in [3.05, 3.63) is 22.4 Å². The van der Waals surface area contributed by atoms with Crippen LogP contribution in [0.15, 0.2) is 22.5 Å². The first-order valence-electron chi connectivity index (χ1n) is 4.28. The Kier molecular flexibility index (Phi) is 3.41. The third-order valence-electron chi connectivity index (χ3n) is 1.23. The van der Waals surface area contributed by atoms with Gasteiger partial charge in [0.2, 0.25) is 0 Å². The number of aliphatic imine (C=N–C) groups is 1. The number of ether oxygens (including phenoxy) is 1. The molecule has 1 aromatic heterocycles. The number of hydrogen-bond donors (Lipinski definition) is 0. The number of amides is 1. The Morgan fingerprint density at radius 1 is 1.57 bits per heavy atom. The highest BCUT2D eigenvalue weighted by Crippen LogP contribution is 2.09. The van der Waals surface area contributed by atoms with E-state index in [-0.39, 0.29) is 0 Å². The van der Waals surface area contributed by atoms with Gasteiger partial charge >= 0.3 is 6.09 Å². The first-order chi connectivity index (χ1) is 6.47. The van der Waals surface area contributed by atoms with Gasteiger partial charge in [-0.2, -0.15) is 4.99 Å². The highest BCUT2D eigenvalue weighted by Gasteiger charge is 2.14. The Bertz CT molecular complexity index is 322. The maximum atomic E-state index is 11.1. The molecule has 0 spiro atoms. The largest absolute Gasteiger partial charge is 0.442 e. The predicted octanol–water partition coefficient (Wildman–Crippen LogP) is 3.10. The van der Waals surface area contributed by atoms with Gasteiger partial charge in [0, 0.05) is 4.88 Å². The quantitative estimate of drug-likeness (QED) is 0.669. The van der Waals surface area contributed by atoms with Crippen molar-refractivity contribution in [2.45, 2.75) is 26.4 Å². The monoisotopic (exact) mass is 211 g/mol. The van der Waals surface area contributed by atoms with Crippen molar-refractivity contribution in [2.24, 2.45) is 4.99 Å². The number of carbonyl (C=O) groups excluding carboxylic acids is 1. The SMILES string of the molecule is CC(C)(C)OC(=O)N=Cc1cccs1. The van der Waals surface area contributed by atoms with E-state index < -0.39 is 11.7 Å². The van der Waals surface area contributed by atoms with Crippen molar-refractivity contribution < 1.29 is 9.53 Å². The van der Waals surface area contributed by atoms with E-state index in [1.807, 2.05) is 38.3 Å². The topological polar surface area (TPSA) is 38.7 Å². The van der Waals surface area contributed by atoms with E-state index in [1.54, 1.807) is 0 Å². The van der Waals surface area contributed by atoms with Gasteiger partial charge in [-0.1, -0.05) is 6.07 Å². The van der Waals surface area contributed by atoms with E-state index in [4.69, 9.17) is 4.74 Å². The maximum absolute atomic E-state index is 11.1. The molecule has 0 radical (unpaired) electrons. The number of nitrogens with zero attached hydrogens (tertiary/aromatic N) is 1. The predicted molar refractivity (Wildman–Crippen MR) is 58.1 cm³/mol. The van der Waals surface area contributed by atoms with Crippen LogP contribution in [0.2, 0.25) is 0 Å². The number of rotatable bonds is 1. The minimum Gasteiger partial charge on any atom is -0.442 e. The Morgan fingerprint density at radius 2 is 2.29 bits per heavy atom. The first-order valence-corrected chi connectivity index (χ1v) is 5.16. The molecule has 14 heavy (non-hydrogen) atoms. The van der Waals surface area contributed by atoms with Gasteiger partial charge in [-0.25, -0.2) is 4.79 Å². The summed E-state index contributed by atoms with van der Waals surface area (Å²) < 4.78 is 5.00. The van der Waals surface area contributed by atoms with Crippen LogP contribution < -0.4 is 0 Å². The van der Waals surface area contributed by atoms with Gasteiger partial charge in [0.15, 0.2) is 0 Å². The average molecular weight is 211 g/mol. The number of hydrogen-bond acceptors (Lipinski definition) is 3. The van der Waals surface area contributed by atoms with Gasteiger partial charge in [-0.15, -0.1) is 11.3 Å². The Morgan fingerprint density at radius 3 is 2.79 bits per heavy atom. The Labute approximate surface area is 87.4 Å². The molecule has 76 valence electrons. The Hall–Kier alpha value is -1.16. The lowest BCUT2D eigenvalue weighted by molar-refractivity contribution is 0.0605. The smallest absolute Gasteiger partial charge is 0.434 e. The lowest BCUT2D eigenvalue weighted by atomic mass is 10.2. The van der Waals surface area contributed by atoms with Gasteiger partial charge in [0.05, 0.1) is 6.21 Å². The summed E-state index contributed by atoms with van der Waals surface area (Å²) in [5.41, 5.74) is -0.482. The maximum Gasteiger partial charge on any atom is 0.434 e. The van der Waals surface area contributed by atoms with Gasteiger partial charge in [0.25, 0.3) is 0 Å². The van der Waals surface area contributed by atoms with Crippen LogP contribution in [-0.4, -0.2) is 17.9 Å². The summed E-state index contributed by atoms with van der Waals surface area (Å²) in [5.74, 6) is 0. The molecule has 0 atom stereocenters. The van der Waals surface area contributed by atoms with Crippen molar-refractivity contribution >= 4 is 23.6 Å². The normalized spacial score (nSPS) is 11.9. The second-order valence-corrected chi connectivity index (χ2v) is 4.73. The van der Waals surface area contributed by atoms with Crippen molar-refractivity contribution in [3.63, 3.8) is 0 Å². The summed E-state index contributed by atoms with van der Waals surface area (Å²) in [5, 5.41) is 1.93. The van der Waals surface area contributed by atoms with Crippen LogP contribution >= 0.6 is 11.3 Å². The Balaban J connectivity index is 2.49. The van der Waals surface area contributed by atoms with E-state index in [2.05, 4.69) is 4.99 Å². The molecular weight excluding hydrogens is 198 g/mol. The van der Waals surface area contributed by atoms with Crippen LogP contribution in [-0.2, 0) is 4.74 Å². The van der Waals surface area contributed by atoms with Crippen LogP contribution in [0, 0.1) is 0 Å². The zero-order valence-electron chi connectivity index (χ0n) is 8.48. The van der Waals surface area contributed by atoms with E-state index in [0.717, 1.165) is 4.88 Å². The number of carbonyl (C=O) groups is 1. The molecule has 0 unspecified atom stereocenters. The molecule has 0 aliphatic carbocycles. The fraction of sp³-hybridized carbons (Fsp3) is 0.400. The zero-order valence-corrected chi connectivity index (χ0v) is 9.30. The lowest BCUT2D eigenvalue weighted by Crippen LogP contribution is -2.21. The summed E-state index contributed by atoms with van der Waals surface area (Å²) in [6, 6.07) is 3.79. The third kappa shape index (κ3) is 4.18. The highest BCUT2D eigenvalue weighted by molar-refractivity contribution is 7.11. The van der Waals surface area contributed by atoms with E-state index >= 15 is 0 Å². The third-order valence-corrected chi connectivity index (χ3v) is 2.04. The molecule has 0 aliphatic heterocycles. The summed E-state index contributed by atoms with van der Waals surface area (Å²) in [4.78, 5) is 15.8. The van der Waals surface area contributed by atoms with Gasteiger partial charge in [-0.05, 0) is 32.2 Å². The van der Waals surface area contributed by atoms with Crippen molar-refractivity contribution in [2.75, 3.05) is 0 Å². The fourth-order valence-electron chi connectivity index (χ4n) is 0.769. The van der Waals surface area contributed by atoms with E-state index in [1.165, 1.54) is 17.6 Å². The molecule has 0 saturated heterocycles. The highest BCUT2D eigenvalue weighted by atomic mass is 32.1. The van der Waals surface area contributed by atoms with E-state index in [0.29, 0.717) is 0 Å². The number of thiophene rings is 1. The van der Waals surface area contributed by atoms with Crippen molar-refractivity contribution in [1.29, 1.82) is 0 Å². The van der Waals surface area contributed by atoms with Crippen LogP contribution in [0.5, 0.6) is 0 Å². The second-order valence-electron chi connectivity index (χ2n) is 3.75. The van der Waals surface area contributed by atoms with Gasteiger partial charge < -0.3 is 4.74 Å². The average Bonchev–Trinajstić information content (AvgIpc) is 2.49. The van der Waals surface area contributed by atoms with Crippen molar-refractivity contribution in [3.8, 4) is 0 Å². The molecule has 0 saturated carbocycles. The minimum atomic E-state index is -0.550. The molecule has 0 aromatic carbocycles. The molecule has 1 amide bonds. The zero-order chi connectivity index (χ0) is 10.6. The van der Waals surface area contributed by atoms with Crippen LogP contribution in [0.25, 0.3) is 0 Å². The molecule has 0 N–H and O–H groups in total. The van der Waals surface area contributed by atoms with Crippen LogP contribution in [0.3, 0.4) is 0 Å². The molecule has 1 rings (SSSR count). The summed E-state index contributed by atoms with van der Waals surface area (Å²) in [6.45, 7) is 5.43. The molecular formula is C10H13NO2S. The summed E-state index contributed by atoms with van der Waals surface area (Å²) in [6.07, 6.45) is 0.963. The van der Waals surface area contributed by atoms with Gasteiger partial charge in [-0.3, -0.25) is 0 Å². The molecule has 3 nitrogen and oxygen atoms in total. The molecule has 1 heterocycles. The van der Waals surface area contributed by atoms with Gasteiger partial charge in [0.1, 0.15) is 5.60 Å². The van der Waals surface area contributed by atoms with Crippen LogP contribution in [0.4, 0.5) is 4.79 Å². The van der Waals surface area contributed by atoms with Crippen LogP contribution in [0.1, 0.15) is 25.6 Å². The molecule has 1 aromatic rings. The molecule has 4 heteroatoms. The summed E-state index contributed by atoms with van der Waals surface area (Å²) >= 11 is 1.53. The molecule has 0 aliphatic rings. The minimum absolute atomic E-state index is 0.482. The lowest BCUT2D eigenvalue weighted by Gasteiger charge is -2.16. The summed E-state index contributed by atoms with van der Waals surface area (Å²) in [7, 11) is 0. The van der Waals surface area contributed by atoms with Crippen molar-refractivity contribution in [1.82, 2.24) is 0 Å². The standard InChI is InChI=1S/C10H13NO2S/c1-10(2,3)13-9(12)11-7-8-5-4-6-14-8/h4-7H,1-3H3. The molecule has 0 fully saturated rings. The molecule has 0 bridgehead atoms. The second kappa shape index (κ2) is 4.37. The van der Waals surface area contributed by atoms with E-state index in [9.17, 15) is 4.79 Å². The fourth-order valence-corrected chi connectivity index (χ4v) is 1.35. The first kappa shape index (κ1) is 10.9.